The Balaban J connectivity index is 1.30. The standard InChI is InChI=1S/C56H51N3O2S/c1-54(2,3)37-21-22-44(39(30-37)34-18-14-11-15-19-34)59-45-23-24-46-49(50(45)58-52(59)41-31-38(55(4,5)6)32-42(51(41)60)56(7,8)9)48-40-28-36(20-25-47(40)62-53(48)61-46)43-29-35(26-27-57-43)33-16-12-10-13-17-33/h10-32,60H,1-9H3. The van der Waals surface area contributed by atoms with Crippen molar-refractivity contribution in [2.45, 2.75) is 78.6 Å². The number of rotatable bonds is 5. The minimum atomic E-state index is -0.326. The molecule has 0 amide bonds. The molecule has 0 aliphatic rings. The molecule has 6 aromatic carbocycles. The fourth-order valence-electron chi connectivity index (χ4n) is 8.77. The van der Waals surface area contributed by atoms with Crippen LogP contribution in [0.5, 0.6) is 5.75 Å². The van der Waals surface area contributed by atoms with Crippen LogP contribution in [0.3, 0.4) is 0 Å². The lowest BCUT2D eigenvalue weighted by atomic mass is 9.79. The molecule has 62 heavy (non-hydrogen) atoms. The van der Waals surface area contributed by atoms with Crippen molar-refractivity contribution in [3.05, 3.63) is 156 Å². The van der Waals surface area contributed by atoms with Gasteiger partial charge in [0.15, 0.2) is 4.90 Å². The molecule has 0 aliphatic carbocycles. The summed E-state index contributed by atoms with van der Waals surface area (Å²) in [6, 6.07) is 47.2. The summed E-state index contributed by atoms with van der Waals surface area (Å²) in [5.74, 6) is 0.929. The largest absolute Gasteiger partial charge is 0.507 e. The van der Waals surface area contributed by atoms with Crippen LogP contribution in [0.25, 0.3) is 93.0 Å². The summed E-state index contributed by atoms with van der Waals surface area (Å²) in [5.41, 5.74) is 13.3. The zero-order valence-electron chi connectivity index (χ0n) is 36.9. The number of phenols is 1. The average Bonchev–Trinajstić information content (AvgIpc) is 3.92. The van der Waals surface area contributed by atoms with Gasteiger partial charge in [-0.05, 0) is 98.7 Å². The van der Waals surface area contributed by atoms with Crippen molar-refractivity contribution in [1.29, 1.82) is 0 Å². The van der Waals surface area contributed by atoms with Gasteiger partial charge in [-0.3, -0.25) is 9.55 Å². The van der Waals surface area contributed by atoms with E-state index in [2.05, 4.69) is 194 Å². The molecule has 0 radical (unpaired) electrons. The highest BCUT2D eigenvalue weighted by atomic mass is 32.1. The maximum absolute atomic E-state index is 12.5. The number of phenolic OH excluding ortho intramolecular Hbond substituents is 1. The van der Waals surface area contributed by atoms with Crippen molar-refractivity contribution in [3.8, 4) is 56.3 Å². The van der Waals surface area contributed by atoms with E-state index in [-0.39, 0.29) is 22.0 Å². The first-order valence-corrected chi connectivity index (χ1v) is 22.3. The number of benzene rings is 6. The summed E-state index contributed by atoms with van der Waals surface area (Å²) in [7, 11) is 0. The molecule has 6 heteroatoms. The Morgan fingerprint density at radius 1 is 0.581 bits per heavy atom. The maximum atomic E-state index is 12.5. The van der Waals surface area contributed by atoms with Crippen LogP contribution in [0, 0.1) is 0 Å². The van der Waals surface area contributed by atoms with Gasteiger partial charge in [-0.25, -0.2) is 4.98 Å². The Morgan fingerprint density at radius 2 is 1.27 bits per heavy atom. The third kappa shape index (κ3) is 6.69. The second kappa shape index (κ2) is 14.3. The lowest BCUT2D eigenvalue weighted by molar-refractivity contribution is 0.446. The molecule has 308 valence electrons. The van der Waals surface area contributed by atoms with Gasteiger partial charge < -0.3 is 9.52 Å². The van der Waals surface area contributed by atoms with E-state index in [1.165, 1.54) is 5.56 Å². The smallest absolute Gasteiger partial charge is 0.190 e. The Bertz CT molecular complexity index is 3350. The molecular formula is C56H51N3O2S. The summed E-state index contributed by atoms with van der Waals surface area (Å²) >= 11 is 1.66. The van der Waals surface area contributed by atoms with Crippen LogP contribution in [0.4, 0.5) is 0 Å². The van der Waals surface area contributed by atoms with Crippen LogP contribution in [0.15, 0.2) is 144 Å². The number of nitrogens with zero attached hydrogens (tertiary/aromatic N) is 3. The summed E-state index contributed by atoms with van der Waals surface area (Å²) in [5, 5.41) is 15.6. The number of imidazole rings is 1. The second-order valence-corrected chi connectivity index (χ2v) is 20.7. The number of thiophene rings is 1. The van der Waals surface area contributed by atoms with Crippen LogP contribution in [-0.4, -0.2) is 19.6 Å². The van der Waals surface area contributed by atoms with Gasteiger partial charge in [0.25, 0.3) is 0 Å². The van der Waals surface area contributed by atoms with Crippen LogP contribution in [0.1, 0.15) is 79.0 Å². The fraction of sp³-hybridized carbons (Fsp3) is 0.214. The van der Waals surface area contributed by atoms with E-state index in [0.717, 1.165) is 92.7 Å². The fourth-order valence-corrected chi connectivity index (χ4v) is 9.83. The maximum Gasteiger partial charge on any atom is 0.190 e. The minimum Gasteiger partial charge on any atom is -0.507 e. The number of hydrogen-bond donors (Lipinski definition) is 1. The van der Waals surface area contributed by atoms with Gasteiger partial charge >= 0.3 is 0 Å². The first-order valence-electron chi connectivity index (χ1n) is 21.5. The Labute approximate surface area is 367 Å². The van der Waals surface area contributed by atoms with Crippen molar-refractivity contribution < 1.29 is 9.52 Å². The van der Waals surface area contributed by atoms with E-state index in [4.69, 9.17) is 14.4 Å². The average molecular weight is 830 g/mol. The number of aromatic nitrogens is 3. The molecule has 1 N–H and O–H groups in total. The van der Waals surface area contributed by atoms with Gasteiger partial charge in [-0.15, -0.1) is 0 Å². The first kappa shape index (κ1) is 39.6. The zero-order chi connectivity index (χ0) is 43.3. The Morgan fingerprint density at radius 3 is 1.97 bits per heavy atom. The molecule has 10 aromatic rings. The number of pyridine rings is 1. The highest BCUT2D eigenvalue weighted by Crippen LogP contribution is 2.48. The number of aromatic hydroxyl groups is 1. The predicted octanol–water partition coefficient (Wildman–Crippen LogP) is 15.8. The molecular weight excluding hydrogens is 779 g/mol. The first-order chi connectivity index (χ1) is 29.5. The van der Waals surface area contributed by atoms with Gasteiger partial charge in [0, 0.05) is 38.4 Å². The third-order valence-electron chi connectivity index (χ3n) is 12.3. The molecule has 5 nitrogen and oxygen atoms in total. The van der Waals surface area contributed by atoms with Crippen molar-refractivity contribution in [1.82, 2.24) is 14.5 Å². The molecule has 0 spiro atoms. The van der Waals surface area contributed by atoms with Crippen molar-refractivity contribution >= 4 is 53.7 Å². The zero-order valence-corrected chi connectivity index (χ0v) is 37.7. The quantitative estimate of drug-likeness (QED) is 0.188. The molecule has 0 fully saturated rings. The highest BCUT2D eigenvalue weighted by Gasteiger charge is 2.30. The SMILES string of the molecule is CC(C)(C)c1ccc(-n2c(-c3cc(C(C)(C)C)cc(C(C)(C)C)c3O)nc3c4c(ccc32)oc2sc3ccc(-c5cc(-c6ccccc6)ccn5)cc3c24)c(-c2ccccc2)c1. The van der Waals surface area contributed by atoms with Crippen molar-refractivity contribution in [2.24, 2.45) is 0 Å². The highest BCUT2D eigenvalue weighted by molar-refractivity contribution is 7.25. The number of hydrogen-bond acceptors (Lipinski definition) is 5. The molecule has 0 unspecified atom stereocenters. The topological polar surface area (TPSA) is 64.1 Å². The van der Waals surface area contributed by atoms with Gasteiger partial charge in [-0.1, -0.05) is 153 Å². The van der Waals surface area contributed by atoms with Gasteiger partial charge in [0.2, 0.25) is 0 Å². The van der Waals surface area contributed by atoms with E-state index in [0.29, 0.717) is 11.4 Å². The van der Waals surface area contributed by atoms with Crippen LogP contribution >= 0.6 is 11.3 Å². The third-order valence-corrected chi connectivity index (χ3v) is 13.3. The summed E-state index contributed by atoms with van der Waals surface area (Å²) in [4.78, 5) is 11.4. The van der Waals surface area contributed by atoms with Crippen molar-refractivity contribution in [3.63, 3.8) is 0 Å². The molecule has 0 saturated heterocycles. The van der Waals surface area contributed by atoms with Gasteiger partial charge in [0.1, 0.15) is 22.7 Å². The molecule has 0 bridgehead atoms. The van der Waals surface area contributed by atoms with Crippen molar-refractivity contribution in [2.75, 3.05) is 0 Å². The molecule has 4 heterocycles. The second-order valence-electron chi connectivity index (χ2n) is 19.7. The summed E-state index contributed by atoms with van der Waals surface area (Å²) in [6.07, 6.45) is 1.89. The molecule has 0 saturated carbocycles. The lowest BCUT2D eigenvalue weighted by Crippen LogP contribution is -2.17. The molecule has 0 atom stereocenters. The Kier molecular flexibility index (Phi) is 9.13. The van der Waals surface area contributed by atoms with Crippen LogP contribution < -0.4 is 0 Å². The van der Waals surface area contributed by atoms with Gasteiger partial charge in [-0.2, -0.15) is 0 Å². The molecule has 10 rings (SSSR count). The summed E-state index contributed by atoms with van der Waals surface area (Å²) in [6.45, 7) is 19.9. The van der Waals surface area contributed by atoms with E-state index >= 15 is 0 Å². The van der Waals surface area contributed by atoms with E-state index < -0.39 is 0 Å². The monoisotopic (exact) mass is 829 g/mol. The number of fused-ring (bicyclic) bond motifs is 7. The lowest BCUT2D eigenvalue weighted by Gasteiger charge is -2.28. The minimum absolute atomic E-state index is 0.0748. The predicted molar refractivity (Wildman–Crippen MR) is 261 cm³/mol. The normalized spacial score (nSPS) is 12.7. The van der Waals surface area contributed by atoms with Gasteiger partial charge in [0.05, 0.1) is 27.8 Å². The number of furan rings is 1. The molecule has 4 aromatic heterocycles. The van der Waals surface area contributed by atoms with E-state index in [1.54, 1.807) is 11.3 Å². The van der Waals surface area contributed by atoms with Crippen LogP contribution in [-0.2, 0) is 16.2 Å². The van der Waals surface area contributed by atoms with Crippen LogP contribution in [0.2, 0.25) is 0 Å². The van der Waals surface area contributed by atoms with E-state index in [1.807, 2.05) is 12.3 Å². The Hall–Kier alpha value is -6.50. The molecule has 0 aliphatic heterocycles. The van der Waals surface area contributed by atoms with E-state index in [9.17, 15) is 5.11 Å². The summed E-state index contributed by atoms with van der Waals surface area (Å²) < 4.78 is 10.1.